The smallest absolute Gasteiger partial charge is 0.162 e. The van der Waals surface area contributed by atoms with Gasteiger partial charge in [0.15, 0.2) is 46.7 Å². The summed E-state index contributed by atoms with van der Waals surface area (Å²) in [6.07, 6.45) is -8.59. The molecule has 18 aromatic carbocycles. The number of benzene rings is 18. The summed E-state index contributed by atoms with van der Waals surface area (Å²) in [5.74, 6) is 1.88. The van der Waals surface area contributed by atoms with Gasteiger partial charge in [0.1, 0.15) is 149 Å². The lowest BCUT2D eigenvalue weighted by molar-refractivity contribution is -0.00103. The van der Waals surface area contributed by atoms with Gasteiger partial charge in [-0.3, -0.25) is 0 Å². The van der Waals surface area contributed by atoms with Gasteiger partial charge in [0.05, 0.1) is 17.9 Å². The van der Waals surface area contributed by atoms with Gasteiger partial charge in [0.2, 0.25) is 0 Å². The van der Waals surface area contributed by atoms with Crippen molar-refractivity contribution >= 4 is 0 Å². The van der Waals surface area contributed by atoms with Crippen LogP contribution in [0.1, 0.15) is 141 Å². The number of fused-ring (bicyclic) bond motifs is 3. The Morgan fingerprint density at radius 2 is 0.449 bits per heavy atom. The maximum Gasteiger partial charge on any atom is 0.162 e. The van der Waals surface area contributed by atoms with Crippen LogP contribution in [-0.2, 0) is 85.7 Å². The van der Waals surface area contributed by atoms with Crippen LogP contribution in [0.15, 0.2) is 443 Å². The average Bonchev–Trinajstić information content (AvgIpc) is 0.703. The molecular weight excluding hydrogens is 1840 g/mol. The van der Waals surface area contributed by atoms with Crippen LogP contribution in [0.25, 0.3) is 0 Å². The molecule has 0 saturated carbocycles. The SMILES string of the molecule is O[C@@H]1[C@@H](c2c(OCc3ccccc3)cc(OCc3ccccc3)c3c2O[C@H](c2ccc(OCc4ccccc4)c(OCc4ccccc4)c2)[C@H](O)C3)c2c(cc(OCc3ccccc3)c([C@H]3c4c(OCc5ccccc5)cc(OCc5ccccc5)cc4O[C@H](c4ccc(OCc5ccccc5)c(OCc5ccccc5)c4)[C@@H]3O)c2OCc2ccccc2)O[C@@H]1c1ccc(OCc2ccccc2)c(OCc2ccccc2)c1. The predicted molar refractivity (Wildman–Crippen MR) is 563 cm³/mol. The predicted octanol–water partition coefficient (Wildman–Crippen LogP) is 26.9. The lowest BCUT2D eigenvalue weighted by Gasteiger charge is -2.43. The van der Waals surface area contributed by atoms with Gasteiger partial charge in [0.25, 0.3) is 0 Å². The summed E-state index contributed by atoms with van der Waals surface area (Å²) in [6, 6.07) is 143. The van der Waals surface area contributed by atoms with Crippen molar-refractivity contribution in [2.24, 2.45) is 0 Å². The Kier molecular flexibility index (Phi) is 30.4. The van der Waals surface area contributed by atoms with E-state index in [-0.39, 0.29) is 132 Å². The van der Waals surface area contributed by atoms with Crippen LogP contribution in [0.4, 0.5) is 0 Å². The molecule has 0 saturated heterocycles. The second-order valence-corrected chi connectivity index (χ2v) is 36.7. The zero-order chi connectivity index (χ0) is 99.2. The molecule has 18 aromatic rings. The first-order valence-corrected chi connectivity index (χ1v) is 49.7. The fraction of sp³-hybridized carbons (Fsp3) is 0.163. The molecule has 0 unspecified atom stereocenters. The fourth-order valence-corrected chi connectivity index (χ4v) is 19.0. The van der Waals surface area contributed by atoms with E-state index in [0.29, 0.717) is 84.9 Å². The van der Waals surface area contributed by atoms with Gasteiger partial charge in [-0.1, -0.05) is 382 Å². The normalized spacial score (nSPS) is 16.3. The van der Waals surface area contributed by atoms with Crippen LogP contribution < -0.4 is 71.1 Å². The number of aliphatic hydroxyl groups excluding tert-OH is 3. The van der Waals surface area contributed by atoms with Crippen LogP contribution in [0.3, 0.4) is 0 Å². The van der Waals surface area contributed by atoms with Gasteiger partial charge in [-0.05, 0) is 120 Å². The van der Waals surface area contributed by atoms with E-state index in [1.165, 1.54) is 0 Å². The maximum atomic E-state index is 15.5. The molecular formula is C129H110O18. The molecule has 18 nitrogen and oxygen atoms in total. The van der Waals surface area contributed by atoms with E-state index in [9.17, 15) is 5.11 Å². The van der Waals surface area contributed by atoms with Gasteiger partial charge in [-0.2, -0.15) is 0 Å². The monoisotopic (exact) mass is 1950 g/mol. The van der Waals surface area contributed by atoms with E-state index in [2.05, 4.69) is 0 Å². The van der Waals surface area contributed by atoms with E-state index < -0.39 is 48.5 Å². The van der Waals surface area contributed by atoms with Crippen molar-refractivity contribution in [2.45, 2.75) is 134 Å². The third-order valence-corrected chi connectivity index (χ3v) is 26.5. The quantitative estimate of drug-likeness (QED) is 0.0326. The van der Waals surface area contributed by atoms with Crippen LogP contribution in [0, 0.1) is 0 Å². The zero-order valence-corrected chi connectivity index (χ0v) is 80.9. The highest BCUT2D eigenvalue weighted by atomic mass is 16.6. The van der Waals surface area contributed by atoms with Crippen molar-refractivity contribution in [3.05, 3.63) is 554 Å². The zero-order valence-electron chi connectivity index (χ0n) is 80.9. The number of ether oxygens (including phenoxy) is 15. The first-order valence-electron chi connectivity index (χ1n) is 49.7. The maximum absolute atomic E-state index is 15.5. The van der Waals surface area contributed by atoms with Gasteiger partial charge in [-0.15, -0.1) is 0 Å². The van der Waals surface area contributed by atoms with Crippen molar-refractivity contribution in [3.8, 4) is 86.2 Å². The van der Waals surface area contributed by atoms with Gasteiger partial charge >= 0.3 is 0 Å². The average molecular weight is 1950 g/mol. The summed E-state index contributed by atoms with van der Waals surface area (Å²) in [4.78, 5) is 0. The molecule has 0 fully saturated rings. The van der Waals surface area contributed by atoms with Crippen molar-refractivity contribution in [1.82, 2.24) is 0 Å². The van der Waals surface area contributed by atoms with Gasteiger partial charge in [-0.25, -0.2) is 0 Å². The van der Waals surface area contributed by atoms with Crippen LogP contribution in [0.2, 0.25) is 0 Å². The van der Waals surface area contributed by atoms with Crippen molar-refractivity contribution in [1.29, 1.82) is 0 Å². The highest BCUT2D eigenvalue weighted by Crippen LogP contribution is 2.64. The number of hydrogen-bond donors (Lipinski definition) is 3. The minimum Gasteiger partial charge on any atom is -0.489 e. The van der Waals surface area contributed by atoms with Crippen molar-refractivity contribution in [2.75, 3.05) is 0 Å². The molecule has 3 aliphatic heterocycles. The largest absolute Gasteiger partial charge is 0.489 e. The highest BCUT2D eigenvalue weighted by molar-refractivity contribution is 5.72. The van der Waals surface area contributed by atoms with Crippen LogP contribution >= 0.6 is 0 Å². The highest BCUT2D eigenvalue weighted by Gasteiger charge is 2.52. The summed E-state index contributed by atoms with van der Waals surface area (Å²) in [6.45, 7) is 1.20. The van der Waals surface area contributed by atoms with E-state index >= 15 is 10.2 Å². The molecule has 0 radical (unpaired) electrons. The minimum absolute atomic E-state index is 0.0191. The molecule has 3 aliphatic rings. The molecule has 734 valence electrons. The van der Waals surface area contributed by atoms with Crippen LogP contribution in [-0.4, -0.2) is 33.6 Å². The molecule has 0 spiro atoms. The lowest BCUT2D eigenvalue weighted by Crippen LogP contribution is -2.38. The number of aliphatic hydroxyl groups is 3. The Balaban J connectivity index is 0.836. The summed E-state index contributed by atoms with van der Waals surface area (Å²) in [7, 11) is 0. The molecule has 3 heterocycles. The summed E-state index contributed by atoms with van der Waals surface area (Å²) >= 11 is 0. The Bertz CT molecular complexity index is 7360. The van der Waals surface area contributed by atoms with E-state index in [1.807, 2.05) is 443 Å². The fourth-order valence-electron chi connectivity index (χ4n) is 19.0. The van der Waals surface area contributed by atoms with E-state index in [4.69, 9.17) is 71.1 Å². The van der Waals surface area contributed by atoms with E-state index in [1.54, 1.807) is 0 Å². The summed E-state index contributed by atoms with van der Waals surface area (Å²) in [5, 5.41) is 44.2. The molecule has 0 aliphatic carbocycles. The summed E-state index contributed by atoms with van der Waals surface area (Å²) in [5.41, 5.74) is 13.7. The van der Waals surface area contributed by atoms with Crippen molar-refractivity contribution < 1.29 is 86.4 Å². The third-order valence-electron chi connectivity index (χ3n) is 26.5. The second kappa shape index (κ2) is 46.5. The minimum atomic E-state index is -1.73. The topological polar surface area (TPSA) is 199 Å². The third kappa shape index (κ3) is 23.4. The Hall–Kier alpha value is -17.2. The summed E-state index contributed by atoms with van der Waals surface area (Å²) < 4.78 is 110. The van der Waals surface area contributed by atoms with Crippen LogP contribution in [0.5, 0.6) is 86.2 Å². The molecule has 18 heteroatoms. The molecule has 0 aromatic heterocycles. The first-order chi connectivity index (χ1) is 72.6. The Morgan fingerprint density at radius 3 is 0.769 bits per heavy atom. The second-order valence-electron chi connectivity index (χ2n) is 36.7. The lowest BCUT2D eigenvalue weighted by atomic mass is 9.73. The number of rotatable bonds is 41. The van der Waals surface area contributed by atoms with Crippen molar-refractivity contribution in [3.63, 3.8) is 0 Å². The first kappa shape index (κ1) is 96.0. The molecule has 21 rings (SSSR count). The Labute approximate surface area is 855 Å². The molecule has 8 atom stereocenters. The Morgan fingerprint density at radius 1 is 0.197 bits per heavy atom. The standard InChI is InChI=1S/C129H110O18/c130-104-72-103-108(137-79-91-45-21-5-22-46-91)73-113(142-84-96-55-31-10-32-56-96)118(128(103)147-125(104)99-61-64-105(134-76-88-39-15-2-16-40-88)109(67-99)138-80-92-47-23-6-24-48-92)122-120-116(146-127(124(122)132)101-63-66-107(136-78-90-43-19-4-20-44-90)111(69-101)140-82-94-51-27-8-28-52-94)74-114(143-85-97-57-33-11-34-58-97)119(129(120)144-86-98-59-35-12-36-60-98)121-117-112(141-83-95-53-29-9-30-54-95)70-102(133-75-87-37-13-1-14-38-87)71-115(117)145-126(123(121)131)100-62-65-106(135-77-89-41-17-3-18-42-89)110(68-100)139-81-93-49-25-7-26-50-93/h1-71,73-74,104,121-127,130-132H,72,75-86H2/t104-,121-,122+,123-,124-,125-,126-,127-/m1/s1. The van der Waals surface area contributed by atoms with Gasteiger partial charge in [0, 0.05) is 58.5 Å². The molecule has 0 amide bonds. The van der Waals surface area contributed by atoms with E-state index in [0.717, 1.165) is 66.8 Å². The molecule has 147 heavy (non-hydrogen) atoms. The molecule has 0 bridgehead atoms. The van der Waals surface area contributed by atoms with Gasteiger partial charge < -0.3 is 86.4 Å². The number of hydrogen-bond acceptors (Lipinski definition) is 18. The molecule has 3 N–H and O–H groups in total.